The zero-order chi connectivity index (χ0) is 13.8. The van der Waals surface area contributed by atoms with Crippen LogP contribution in [0, 0.1) is 0 Å². The first kappa shape index (κ1) is 12.8. The average Bonchev–Trinajstić information content (AvgIpc) is 2.92. The van der Waals surface area contributed by atoms with E-state index in [0.717, 1.165) is 0 Å². The SMILES string of the molecule is CN(C)C(=O)c1ccccc1NC(=O)c1cn[nH]c1. The van der Waals surface area contributed by atoms with Crippen molar-refractivity contribution in [3.05, 3.63) is 47.8 Å². The number of carbonyl (C=O) groups is 2. The minimum absolute atomic E-state index is 0.164. The highest BCUT2D eigenvalue weighted by Crippen LogP contribution is 2.17. The van der Waals surface area contributed by atoms with E-state index < -0.39 is 0 Å². The summed E-state index contributed by atoms with van der Waals surface area (Å²) in [5, 5.41) is 8.98. The van der Waals surface area contributed by atoms with Crippen LogP contribution in [-0.2, 0) is 0 Å². The van der Waals surface area contributed by atoms with Crippen molar-refractivity contribution >= 4 is 17.5 Å². The predicted molar refractivity (Wildman–Crippen MR) is 71.0 cm³/mol. The van der Waals surface area contributed by atoms with Crippen LogP contribution in [0.15, 0.2) is 36.7 Å². The molecule has 6 heteroatoms. The van der Waals surface area contributed by atoms with Crippen molar-refractivity contribution in [1.82, 2.24) is 15.1 Å². The van der Waals surface area contributed by atoms with Crippen molar-refractivity contribution in [1.29, 1.82) is 0 Å². The number of rotatable bonds is 3. The number of hydrogen-bond donors (Lipinski definition) is 2. The van der Waals surface area contributed by atoms with Crippen molar-refractivity contribution in [2.24, 2.45) is 0 Å². The zero-order valence-electron chi connectivity index (χ0n) is 10.7. The number of aromatic nitrogens is 2. The summed E-state index contributed by atoms with van der Waals surface area (Å²) in [6, 6.07) is 6.88. The molecule has 0 fully saturated rings. The number of nitrogens with one attached hydrogen (secondary N) is 2. The fraction of sp³-hybridized carbons (Fsp3) is 0.154. The van der Waals surface area contributed by atoms with Crippen molar-refractivity contribution in [3.63, 3.8) is 0 Å². The fourth-order valence-electron chi connectivity index (χ4n) is 1.59. The minimum atomic E-state index is -0.312. The second-order valence-electron chi connectivity index (χ2n) is 4.19. The third-order valence-corrected chi connectivity index (χ3v) is 2.57. The van der Waals surface area contributed by atoms with E-state index in [1.807, 2.05) is 0 Å². The van der Waals surface area contributed by atoms with Crippen LogP contribution in [0.1, 0.15) is 20.7 Å². The van der Waals surface area contributed by atoms with E-state index in [2.05, 4.69) is 15.5 Å². The third-order valence-electron chi connectivity index (χ3n) is 2.57. The summed E-state index contributed by atoms with van der Waals surface area (Å²) in [6.45, 7) is 0. The molecule has 0 aliphatic rings. The summed E-state index contributed by atoms with van der Waals surface area (Å²) in [5.74, 6) is -0.476. The highest BCUT2D eigenvalue weighted by atomic mass is 16.2. The Labute approximate surface area is 110 Å². The molecule has 1 heterocycles. The van der Waals surface area contributed by atoms with E-state index in [-0.39, 0.29) is 11.8 Å². The van der Waals surface area contributed by atoms with Crippen molar-refractivity contribution in [2.45, 2.75) is 0 Å². The normalized spacial score (nSPS) is 10.0. The van der Waals surface area contributed by atoms with E-state index in [9.17, 15) is 9.59 Å². The summed E-state index contributed by atoms with van der Waals surface area (Å²) in [5.41, 5.74) is 1.34. The highest BCUT2D eigenvalue weighted by molar-refractivity contribution is 6.08. The molecule has 0 radical (unpaired) electrons. The Balaban J connectivity index is 2.26. The Bertz CT molecular complexity index is 590. The maximum absolute atomic E-state index is 12.0. The third kappa shape index (κ3) is 2.79. The molecule has 98 valence electrons. The lowest BCUT2D eigenvalue weighted by Crippen LogP contribution is -2.24. The Morgan fingerprint density at radius 1 is 1.26 bits per heavy atom. The average molecular weight is 258 g/mol. The van der Waals surface area contributed by atoms with E-state index >= 15 is 0 Å². The number of benzene rings is 1. The molecule has 2 N–H and O–H groups in total. The van der Waals surface area contributed by atoms with Crippen LogP contribution < -0.4 is 5.32 Å². The molecule has 0 aliphatic heterocycles. The summed E-state index contributed by atoms with van der Waals surface area (Å²) in [6.07, 6.45) is 2.91. The Kier molecular flexibility index (Phi) is 3.61. The van der Waals surface area contributed by atoms with E-state index in [1.54, 1.807) is 38.4 Å². The largest absolute Gasteiger partial charge is 0.345 e. The lowest BCUT2D eigenvalue weighted by atomic mass is 10.1. The molecule has 0 atom stereocenters. The van der Waals surface area contributed by atoms with Gasteiger partial charge in [-0.1, -0.05) is 12.1 Å². The quantitative estimate of drug-likeness (QED) is 0.872. The van der Waals surface area contributed by atoms with Gasteiger partial charge < -0.3 is 10.2 Å². The van der Waals surface area contributed by atoms with Crippen molar-refractivity contribution in [3.8, 4) is 0 Å². The molecule has 2 amide bonds. The van der Waals surface area contributed by atoms with Crippen LogP contribution in [0.3, 0.4) is 0 Å². The van der Waals surface area contributed by atoms with Gasteiger partial charge in [0.2, 0.25) is 0 Å². The number of amides is 2. The molecule has 0 spiro atoms. The predicted octanol–water partition coefficient (Wildman–Crippen LogP) is 1.36. The standard InChI is InChI=1S/C13H14N4O2/c1-17(2)13(19)10-5-3-4-6-11(10)16-12(18)9-7-14-15-8-9/h3-8H,1-2H3,(H,14,15)(H,16,18). The zero-order valence-corrected chi connectivity index (χ0v) is 10.7. The molecule has 0 unspecified atom stereocenters. The number of para-hydroxylation sites is 1. The van der Waals surface area contributed by atoms with Crippen molar-refractivity contribution < 1.29 is 9.59 Å². The minimum Gasteiger partial charge on any atom is -0.345 e. The van der Waals surface area contributed by atoms with E-state index in [1.165, 1.54) is 17.3 Å². The van der Waals surface area contributed by atoms with Crippen LogP contribution in [0.5, 0.6) is 0 Å². The highest BCUT2D eigenvalue weighted by Gasteiger charge is 2.15. The van der Waals surface area contributed by atoms with Gasteiger partial charge in [0.1, 0.15) is 0 Å². The molecule has 2 aromatic rings. The van der Waals surface area contributed by atoms with Crippen LogP contribution >= 0.6 is 0 Å². The number of aromatic amines is 1. The van der Waals surface area contributed by atoms with Gasteiger partial charge in [-0.2, -0.15) is 5.10 Å². The van der Waals surface area contributed by atoms with Crippen LogP contribution in [0.4, 0.5) is 5.69 Å². The Morgan fingerprint density at radius 3 is 2.63 bits per heavy atom. The van der Waals surface area contributed by atoms with Gasteiger partial charge in [-0.25, -0.2) is 0 Å². The first-order valence-electron chi connectivity index (χ1n) is 5.70. The maximum atomic E-state index is 12.0. The fourth-order valence-corrected chi connectivity index (χ4v) is 1.59. The first-order valence-corrected chi connectivity index (χ1v) is 5.70. The summed E-state index contributed by atoms with van der Waals surface area (Å²) in [4.78, 5) is 25.4. The topological polar surface area (TPSA) is 78.1 Å². The monoisotopic (exact) mass is 258 g/mol. The van der Waals surface area contributed by atoms with Gasteiger partial charge in [-0.15, -0.1) is 0 Å². The second kappa shape index (κ2) is 5.34. The number of anilines is 1. The van der Waals surface area contributed by atoms with Gasteiger partial charge in [0, 0.05) is 20.3 Å². The van der Waals surface area contributed by atoms with E-state index in [0.29, 0.717) is 16.8 Å². The lowest BCUT2D eigenvalue weighted by molar-refractivity contribution is 0.0828. The molecule has 0 aliphatic carbocycles. The number of H-pyrrole nitrogens is 1. The summed E-state index contributed by atoms with van der Waals surface area (Å²) >= 11 is 0. The second-order valence-corrected chi connectivity index (χ2v) is 4.19. The van der Waals surface area contributed by atoms with Crippen LogP contribution in [0.2, 0.25) is 0 Å². The summed E-state index contributed by atoms with van der Waals surface area (Å²) < 4.78 is 0. The molecular formula is C13H14N4O2. The van der Waals surface area contributed by atoms with Gasteiger partial charge in [-0.3, -0.25) is 14.7 Å². The summed E-state index contributed by atoms with van der Waals surface area (Å²) in [7, 11) is 3.33. The molecule has 6 nitrogen and oxygen atoms in total. The van der Waals surface area contributed by atoms with Gasteiger partial charge in [-0.05, 0) is 12.1 Å². The Hall–Kier alpha value is -2.63. The molecule has 0 saturated carbocycles. The van der Waals surface area contributed by atoms with Crippen LogP contribution in [0.25, 0.3) is 0 Å². The molecule has 19 heavy (non-hydrogen) atoms. The van der Waals surface area contributed by atoms with Crippen LogP contribution in [-0.4, -0.2) is 41.0 Å². The van der Waals surface area contributed by atoms with Gasteiger partial charge in [0.15, 0.2) is 0 Å². The van der Waals surface area contributed by atoms with Gasteiger partial charge >= 0.3 is 0 Å². The molecule has 1 aromatic carbocycles. The Morgan fingerprint density at radius 2 is 2.00 bits per heavy atom. The van der Waals surface area contributed by atoms with Gasteiger partial charge in [0.25, 0.3) is 11.8 Å². The maximum Gasteiger partial charge on any atom is 0.258 e. The van der Waals surface area contributed by atoms with Gasteiger partial charge in [0.05, 0.1) is 23.0 Å². The molecule has 0 saturated heterocycles. The molecule has 1 aromatic heterocycles. The number of carbonyl (C=O) groups excluding carboxylic acids is 2. The molecule has 0 bridgehead atoms. The smallest absolute Gasteiger partial charge is 0.258 e. The molecule has 2 rings (SSSR count). The first-order chi connectivity index (χ1) is 9.09. The number of hydrogen-bond acceptors (Lipinski definition) is 3. The van der Waals surface area contributed by atoms with E-state index in [4.69, 9.17) is 0 Å². The lowest BCUT2D eigenvalue weighted by Gasteiger charge is -2.14. The number of nitrogens with zero attached hydrogens (tertiary/aromatic N) is 2. The molecular weight excluding hydrogens is 244 g/mol. The van der Waals surface area contributed by atoms with Crippen molar-refractivity contribution in [2.75, 3.05) is 19.4 Å².